The molecule has 0 aliphatic carbocycles. The van der Waals surface area contributed by atoms with Gasteiger partial charge in [0.1, 0.15) is 17.3 Å². The number of nitrogens with two attached hydrogens (primary N) is 1. The molecule has 0 saturated carbocycles. The SMILES string of the molecule is Cc1cc(Oc2cccc(N(C)C)c2)c([C@@H](C)N)cc1F. The van der Waals surface area contributed by atoms with Crippen LogP contribution in [0, 0.1) is 12.7 Å². The van der Waals surface area contributed by atoms with E-state index in [0.29, 0.717) is 22.6 Å². The molecule has 2 aromatic rings. The molecule has 4 heteroatoms. The van der Waals surface area contributed by atoms with Gasteiger partial charge in [0.05, 0.1) is 0 Å². The molecule has 0 radical (unpaired) electrons. The van der Waals surface area contributed by atoms with Gasteiger partial charge in [-0.3, -0.25) is 0 Å². The molecule has 0 aliphatic heterocycles. The first-order chi connectivity index (χ1) is 9.88. The zero-order chi connectivity index (χ0) is 15.6. The standard InChI is InChI=1S/C17H21FN2O/c1-11-8-17(15(12(2)19)10-16(11)18)21-14-7-5-6-13(9-14)20(3)4/h5-10,12H,19H2,1-4H3/t12-/m1/s1. The van der Waals surface area contributed by atoms with Crippen LogP contribution in [-0.2, 0) is 0 Å². The van der Waals surface area contributed by atoms with Crippen LogP contribution in [0.2, 0.25) is 0 Å². The average molecular weight is 288 g/mol. The Labute approximate surface area is 125 Å². The van der Waals surface area contributed by atoms with Crippen LogP contribution >= 0.6 is 0 Å². The highest BCUT2D eigenvalue weighted by Gasteiger charge is 2.13. The number of rotatable bonds is 4. The molecule has 2 N–H and O–H groups in total. The molecule has 2 aromatic carbocycles. The molecular weight excluding hydrogens is 267 g/mol. The normalized spacial score (nSPS) is 12.1. The first kappa shape index (κ1) is 15.3. The van der Waals surface area contributed by atoms with Crippen LogP contribution in [0.5, 0.6) is 11.5 Å². The van der Waals surface area contributed by atoms with E-state index >= 15 is 0 Å². The number of hydrogen-bond acceptors (Lipinski definition) is 3. The van der Waals surface area contributed by atoms with Crippen molar-refractivity contribution in [2.75, 3.05) is 19.0 Å². The summed E-state index contributed by atoms with van der Waals surface area (Å²) in [6.45, 7) is 3.52. The summed E-state index contributed by atoms with van der Waals surface area (Å²) in [7, 11) is 3.93. The molecule has 112 valence electrons. The first-order valence-corrected chi connectivity index (χ1v) is 6.89. The van der Waals surface area contributed by atoms with E-state index in [1.54, 1.807) is 13.0 Å². The molecule has 0 spiro atoms. The number of halogens is 1. The van der Waals surface area contributed by atoms with Crippen LogP contribution in [0.15, 0.2) is 36.4 Å². The zero-order valence-corrected chi connectivity index (χ0v) is 12.9. The molecule has 0 heterocycles. The highest BCUT2D eigenvalue weighted by Crippen LogP contribution is 2.32. The predicted octanol–water partition coefficient (Wildman–Crippen LogP) is 4.01. The van der Waals surface area contributed by atoms with E-state index in [9.17, 15) is 4.39 Å². The number of aryl methyl sites for hydroxylation is 1. The fourth-order valence-corrected chi connectivity index (χ4v) is 2.07. The first-order valence-electron chi connectivity index (χ1n) is 6.89. The number of anilines is 1. The summed E-state index contributed by atoms with van der Waals surface area (Å²) in [5.74, 6) is 1.03. The zero-order valence-electron chi connectivity index (χ0n) is 12.9. The van der Waals surface area contributed by atoms with E-state index in [0.717, 1.165) is 5.69 Å². The van der Waals surface area contributed by atoms with Crippen LogP contribution in [0.3, 0.4) is 0 Å². The third kappa shape index (κ3) is 3.52. The van der Waals surface area contributed by atoms with Crippen molar-refractivity contribution in [3.05, 3.63) is 53.3 Å². The van der Waals surface area contributed by atoms with Gasteiger partial charge in [0.2, 0.25) is 0 Å². The molecule has 21 heavy (non-hydrogen) atoms. The molecule has 0 saturated heterocycles. The Hall–Kier alpha value is -2.07. The summed E-state index contributed by atoms with van der Waals surface area (Å²) >= 11 is 0. The van der Waals surface area contributed by atoms with Gasteiger partial charge >= 0.3 is 0 Å². The van der Waals surface area contributed by atoms with Crippen molar-refractivity contribution in [2.45, 2.75) is 19.9 Å². The van der Waals surface area contributed by atoms with Gasteiger partial charge in [-0.25, -0.2) is 4.39 Å². The molecule has 0 unspecified atom stereocenters. The topological polar surface area (TPSA) is 38.5 Å². The molecule has 0 bridgehead atoms. The lowest BCUT2D eigenvalue weighted by Gasteiger charge is -2.17. The molecule has 0 fully saturated rings. The summed E-state index contributed by atoms with van der Waals surface area (Å²) in [4.78, 5) is 2.00. The quantitative estimate of drug-likeness (QED) is 0.923. The van der Waals surface area contributed by atoms with E-state index in [1.807, 2.05) is 50.2 Å². The van der Waals surface area contributed by atoms with Gasteiger partial charge in [0.15, 0.2) is 0 Å². The monoisotopic (exact) mass is 288 g/mol. The van der Waals surface area contributed by atoms with Gasteiger partial charge in [-0.1, -0.05) is 6.07 Å². The van der Waals surface area contributed by atoms with Gasteiger partial charge in [0.25, 0.3) is 0 Å². The van der Waals surface area contributed by atoms with Crippen LogP contribution in [0.1, 0.15) is 24.1 Å². The van der Waals surface area contributed by atoms with Crippen LogP contribution in [0.25, 0.3) is 0 Å². The fourth-order valence-electron chi connectivity index (χ4n) is 2.07. The van der Waals surface area contributed by atoms with E-state index in [-0.39, 0.29) is 11.9 Å². The molecule has 0 aromatic heterocycles. The lowest BCUT2D eigenvalue weighted by atomic mass is 10.0. The maximum Gasteiger partial charge on any atom is 0.132 e. The molecule has 1 atom stereocenters. The van der Waals surface area contributed by atoms with E-state index in [1.165, 1.54) is 6.07 Å². The van der Waals surface area contributed by atoms with Crippen molar-refractivity contribution in [1.29, 1.82) is 0 Å². The van der Waals surface area contributed by atoms with E-state index < -0.39 is 0 Å². The van der Waals surface area contributed by atoms with E-state index in [2.05, 4.69) is 0 Å². The highest BCUT2D eigenvalue weighted by atomic mass is 19.1. The fraction of sp³-hybridized carbons (Fsp3) is 0.294. The Morgan fingerprint density at radius 2 is 1.90 bits per heavy atom. The second-order valence-electron chi connectivity index (χ2n) is 5.42. The Kier molecular flexibility index (Phi) is 4.48. The number of ether oxygens (including phenoxy) is 1. The van der Waals surface area contributed by atoms with Crippen LogP contribution in [-0.4, -0.2) is 14.1 Å². The molecule has 3 nitrogen and oxygen atoms in total. The Balaban J connectivity index is 2.39. The smallest absolute Gasteiger partial charge is 0.132 e. The minimum atomic E-state index is -0.299. The Morgan fingerprint density at radius 3 is 2.52 bits per heavy atom. The summed E-state index contributed by atoms with van der Waals surface area (Å²) in [6, 6.07) is 10.6. The molecule has 0 amide bonds. The lowest BCUT2D eigenvalue weighted by molar-refractivity contribution is 0.468. The van der Waals surface area contributed by atoms with Crippen LogP contribution < -0.4 is 15.4 Å². The predicted molar refractivity (Wildman–Crippen MR) is 84.6 cm³/mol. The second-order valence-corrected chi connectivity index (χ2v) is 5.42. The highest BCUT2D eigenvalue weighted by molar-refractivity contribution is 5.51. The third-order valence-electron chi connectivity index (χ3n) is 3.34. The van der Waals surface area contributed by atoms with Gasteiger partial charge in [0, 0.05) is 37.5 Å². The van der Waals surface area contributed by atoms with Crippen molar-refractivity contribution < 1.29 is 9.13 Å². The van der Waals surface area contributed by atoms with Gasteiger partial charge < -0.3 is 15.4 Å². The van der Waals surface area contributed by atoms with E-state index in [4.69, 9.17) is 10.5 Å². The van der Waals surface area contributed by atoms with Gasteiger partial charge in [-0.2, -0.15) is 0 Å². The second kappa shape index (κ2) is 6.14. The largest absolute Gasteiger partial charge is 0.457 e. The molecule has 0 aliphatic rings. The minimum absolute atomic E-state index is 0.267. The van der Waals surface area contributed by atoms with Crippen molar-refractivity contribution in [3.8, 4) is 11.5 Å². The third-order valence-corrected chi connectivity index (χ3v) is 3.34. The average Bonchev–Trinajstić information content (AvgIpc) is 2.42. The van der Waals surface area contributed by atoms with Crippen molar-refractivity contribution in [1.82, 2.24) is 0 Å². The summed E-state index contributed by atoms with van der Waals surface area (Å²) < 4.78 is 19.6. The number of hydrogen-bond donors (Lipinski definition) is 1. The molecular formula is C17H21FN2O. The summed E-state index contributed by atoms with van der Waals surface area (Å²) in [6.07, 6.45) is 0. The molecule has 2 rings (SSSR count). The van der Waals surface area contributed by atoms with Gasteiger partial charge in [-0.15, -0.1) is 0 Å². The lowest BCUT2D eigenvalue weighted by Crippen LogP contribution is -2.09. The summed E-state index contributed by atoms with van der Waals surface area (Å²) in [5, 5.41) is 0. The Morgan fingerprint density at radius 1 is 1.19 bits per heavy atom. The van der Waals surface area contributed by atoms with Crippen molar-refractivity contribution in [3.63, 3.8) is 0 Å². The minimum Gasteiger partial charge on any atom is -0.457 e. The van der Waals surface area contributed by atoms with Crippen molar-refractivity contribution >= 4 is 5.69 Å². The summed E-state index contributed by atoms with van der Waals surface area (Å²) in [5.41, 5.74) is 8.15. The Bertz CT molecular complexity index is 639. The maximum absolute atomic E-state index is 13.7. The van der Waals surface area contributed by atoms with Crippen LogP contribution in [0.4, 0.5) is 10.1 Å². The maximum atomic E-state index is 13.7. The van der Waals surface area contributed by atoms with Crippen molar-refractivity contribution in [2.24, 2.45) is 5.73 Å². The van der Waals surface area contributed by atoms with Gasteiger partial charge in [-0.05, 0) is 43.7 Å². The number of nitrogens with zero attached hydrogens (tertiary/aromatic N) is 1. The number of benzene rings is 2.